The van der Waals surface area contributed by atoms with E-state index in [0.29, 0.717) is 0 Å². The zero-order chi connectivity index (χ0) is 10.3. The molecule has 0 aromatic carbocycles. The Labute approximate surface area is 87.6 Å². The topological polar surface area (TPSA) is 86.7 Å². The van der Waals surface area contributed by atoms with Crippen molar-refractivity contribution < 1.29 is 36.9 Å². The smallest absolute Gasteiger partial charge is 0.530 e. The molecule has 2 amide bonds. The summed E-state index contributed by atoms with van der Waals surface area (Å²) in [4.78, 5) is 21.0. The number of carbonyl (C=O) groups is 2. The second kappa shape index (κ2) is 9.15. The van der Waals surface area contributed by atoms with Gasteiger partial charge in [0.2, 0.25) is 0 Å². The molecule has 0 unspecified atom stereocenters. The van der Waals surface area contributed by atoms with E-state index in [9.17, 15) is 19.8 Å². The zero-order valence-electron chi connectivity index (χ0n) is 7.83. The van der Waals surface area contributed by atoms with Crippen LogP contribution in [-0.4, -0.2) is 50.2 Å². The van der Waals surface area contributed by atoms with Crippen LogP contribution in [0.15, 0.2) is 0 Å². The Morgan fingerprint density at radius 1 is 0.846 bits per heavy atom. The van der Waals surface area contributed by atoms with E-state index in [1.54, 1.807) is 0 Å². The molecule has 0 aliphatic carbocycles. The third-order valence-electron chi connectivity index (χ3n) is 0.730. The van der Waals surface area contributed by atoms with E-state index in [0.717, 1.165) is 9.80 Å². The largest absolute Gasteiger partial charge is 2.00 e. The van der Waals surface area contributed by atoms with Gasteiger partial charge in [-0.3, -0.25) is 0 Å². The van der Waals surface area contributed by atoms with E-state index < -0.39 is 12.2 Å². The Bertz CT molecular complexity index is 143. The molecule has 0 rings (SSSR count). The molecule has 7 heteroatoms. The minimum Gasteiger partial charge on any atom is -0.530 e. The van der Waals surface area contributed by atoms with E-state index in [-0.39, 0.29) is 17.1 Å². The Kier molecular flexibility index (Phi) is 12.6. The predicted octanol–water partition coefficient (Wildman–Crippen LogP) is -2.22. The number of nitrogens with zero attached hydrogens (tertiary/aromatic N) is 2. The molecule has 0 fully saturated rings. The van der Waals surface area contributed by atoms with Crippen molar-refractivity contribution in [2.45, 2.75) is 0 Å². The third-order valence-corrected chi connectivity index (χ3v) is 0.730. The van der Waals surface area contributed by atoms with Crippen molar-refractivity contribution >= 4 is 12.2 Å². The number of rotatable bonds is 0. The molecule has 0 aromatic rings. The number of carboxylic acid groups (broad SMARTS) is 2. The minimum absolute atomic E-state index is 0. The van der Waals surface area contributed by atoms with Gasteiger partial charge in [0.15, 0.2) is 0 Å². The van der Waals surface area contributed by atoms with Gasteiger partial charge in [-0.05, 0) is 0 Å². The SMILES string of the molecule is CN(C)C(=O)[O-].CN(C)C(=O)[O-].[Cu+2]. The summed E-state index contributed by atoms with van der Waals surface area (Å²) < 4.78 is 0. The van der Waals surface area contributed by atoms with Gasteiger partial charge in [-0.25, -0.2) is 0 Å². The molecule has 0 spiro atoms. The van der Waals surface area contributed by atoms with Crippen LogP contribution in [0.5, 0.6) is 0 Å². The average Bonchev–Trinajstić information content (AvgIpc) is 1.88. The van der Waals surface area contributed by atoms with E-state index in [2.05, 4.69) is 0 Å². The maximum atomic E-state index is 9.51. The molecular formula is C6H12CuN2O4. The van der Waals surface area contributed by atoms with E-state index in [1.165, 1.54) is 28.2 Å². The fourth-order valence-electron chi connectivity index (χ4n) is 0. The molecule has 0 aliphatic heterocycles. The van der Waals surface area contributed by atoms with Gasteiger partial charge in [-0.2, -0.15) is 0 Å². The van der Waals surface area contributed by atoms with Crippen molar-refractivity contribution in [3.8, 4) is 0 Å². The first-order valence-corrected chi connectivity index (χ1v) is 3.05. The van der Waals surface area contributed by atoms with Crippen LogP contribution in [0, 0.1) is 0 Å². The van der Waals surface area contributed by atoms with Crippen molar-refractivity contribution in [3.05, 3.63) is 0 Å². The van der Waals surface area contributed by atoms with Gasteiger partial charge in [0, 0.05) is 28.2 Å². The first kappa shape index (κ1) is 18.0. The van der Waals surface area contributed by atoms with Crippen LogP contribution in [0.2, 0.25) is 0 Å². The van der Waals surface area contributed by atoms with Crippen LogP contribution >= 0.6 is 0 Å². The monoisotopic (exact) mass is 239 g/mol. The van der Waals surface area contributed by atoms with E-state index in [1.807, 2.05) is 0 Å². The normalized spacial score (nSPS) is 7.08. The van der Waals surface area contributed by atoms with E-state index >= 15 is 0 Å². The summed E-state index contributed by atoms with van der Waals surface area (Å²) in [5.41, 5.74) is 0. The first-order valence-electron chi connectivity index (χ1n) is 3.05. The molecule has 0 aliphatic rings. The summed E-state index contributed by atoms with van der Waals surface area (Å²) in [6, 6.07) is 0. The third kappa shape index (κ3) is 18.2. The van der Waals surface area contributed by atoms with Crippen molar-refractivity contribution in [2.75, 3.05) is 28.2 Å². The second-order valence-corrected chi connectivity index (χ2v) is 2.32. The zero-order valence-corrected chi connectivity index (χ0v) is 8.77. The summed E-state index contributed by atoms with van der Waals surface area (Å²) in [6.45, 7) is 0. The molecule has 0 saturated heterocycles. The van der Waals surface area contributed by atoms with Crippen LogP contribution in [0.1, 0.15) is 0 Å². The van der Waals surface area contributed by atoms with Crippen LogP contribution in [0.3, 0.4) is 0 Å². The van der Waals surface area contributed by atoms with Crippen molar-refractivity contribution in [2.24, 2.45) is 0 Å². The summed E-state index contributed by atoms with van der Waals surface area (Å²) in [5.74, 6) is 0. The molecule has 0 bridgehead atoms. The summed E-state index contributed by atoms with van der Waals surface area (Å²) in [5, 5.41) is 19.0. The number of carbonyl (C=O) groups excluding carboxylic acids is 2. The van der Waals surface area contributed by atoms with Gasteiger partial charge in [0.1, 0.15) is 12.2 Å². The molecule has 0 saturated carbocycles. The molecule has 0 atom stereocenters. The van der Waals surface area contributed by atoms with Crippen LogP contribution in [0.25, 0.3) is 0 Å². The fourth-order valence-corrected chi connectivity index (χ4v) is 0. The Hall–Kier alpha value is -0.941. The maximum absolute atomic E-state index is 9.51. The number of hydrogen-bond donors (Lipinski definition) is 0. The van der Waals surface area contributed by atoms with E-state index in [4.69, 9.17) is 0 Å². The fraction of sp³-hybridized carbons (Fsp3) is 0.667. The van der Waals surface area contributed by atoms with Gasteiger partial charge in [0.05, 0.1) is 0 Å². The summed E-state index contributed by atoms with van der Waals surface area (Å²) in [6.07, 6.45) is -2.31. The van der Waals surface area contributed by atoms with Crippen molar-refractivity contribution in [3.63, 3.8) is 0 Å². The van der Waals surface area contributed by atoms with Crippen LogP contribution in [0.4, 0.5) is 9.59 Å². The molecule has 6 nitrogen and oxygen atoms in total. The molecule has 81 valence electrons. The summed E-state index contributed by atoms with van der Waals surface area (Å²) >= 11 is 0. The molecule has 0 N–H and O–H groups in total. The second-order valence-electron chi connectivity index (χ2n) is 2.32. The van der Waals surface area contributed by atoms with Crippen LogP contribution in [-0.2, 0) is 17.1 Å². The van der Waals surface area contributed by atoms with Gasteiger partial charge < -0.3 is 29.6 Å². The average molecular weight is 240 g/mol. The first-order chi connectivity index (χ1) is 5.29. The number of hydrogen-bond acceptors (Lipinski definition) is 4. The molecule has 1 radical (unpaired) electrons. The van der Waals surface area contributed by atoms with Gasteiger partial charge >= 0.3 is 17.1 Å². The predicted molar refractivity (Wildman–Crippen MR) is 38.2 cm³/mol. The minimum atomic E-state index is -1.16. The van der Waals surface area contributed by atoms with Crippen molar-refractivity contribution in [1.29, 1.82) is 0 Å². The summed E-state index contributed by atoms with van der Waals surface area (Å²) in [7, 11) is 5.65. The quantitative estimate of drug-likeness (QED) is 0.448. The maximum Gasteiger partial charge on any atom is 2.00 e. The van der Waals surface area contributed by atoms with Crippen molar-refractivity contribution in [1.82, 2.24) is 9.80 Å². The van der Waals surface area contributed by atoms with Gasteiger partial charge in [-0.15, -0.1) is 0 Å². The molecule has 0 heterocycles. The Morgan fingerprint density at radius 3 is 0.923 bits per heavy atom. The molecule has 0 aromatic heterocycles. The van der Waals surface area contributed by atoms with Gasteiger partial charge in [0.25, 0.3) is 0 Å². The standard InChI is InChI=1S/2C3H7NO2.Cu/c2*1-4(2)3(5)6;/h2*1-2H3,(H,5,6);/q;;+2/p-2. The molecule has 13 heavy (non-hydrogen) atoms. The number of amides is 2. The Morgan fingerprint density at radius 2 is 0.923 bits per heavy atom. The van der Waals surface area contributed by atoms with Gasteiger partial charge in [-0.1, -0.05) is 0 Å². The Balaban J connectivity index is -0.000000143. The molecular weight excluding hydrogens is 228 g/mol. The van der Waals surface area contributed by atoms with Crippen LogP contribution < -0.4 is 10.2 Å².